The van der Waals surface area contributed by atoms with Crippen molar-refractivity contribution in [3.8, 4) is 6.01 Å². The van der Waals surface area contributed by atoms with Crippen LogP contribution < -0.4 is 4.74 Å². The van der Waals surface area contributed by atoms with Crippen LogP contribution in [-0.2, 0) is 4.79 Å². The van der Waals surface area contributed by atoms with Gasteiger partial charge in [0.05, 0.1) is 12.3 Å². The van der Waals surface area contributed by atoms with Crippen LogP contribution in [0.1, 0.15) is 24.2 Å². The standard InChI is InChI=1S/C21H24N4O2S/c1-14-10-15(2)24-21(23-14)27-16-6-5-9-25(12-16)20(26)13-28-19-11-22-18-8-4-3-7-17(18)19/h3-4,7-8,10-11,16,22H,5-6,9,12-13H2,1-2H3/t16-/m1/s1. The first-order valence-electron chi connectivity index (χ1n) is 9.54. The average Bonchev–Trinajstić information content (AvgIpc) is 3.09. The molecule has 146 valence electrons. The van der Waals surface area contributed by atoms with Crippen molar-refractivity contribution >= 4 is 28.6 Å². The highest BCUT2D eigenvalue weighted by Gasteiger charge is 2.25. The Morgan fingerprint density at radius 2 is 2.07 bits per heavy atom. The first kappa shape index (κ1) is 18.8. The highest BCUT2D eigenvalue weighted by atomic mass is 32.2. The molecule has 4 rings (SSSR count). The van der Waals surface area contributed by atoms with Crippen molar-refractivity contribution in [3.05, 3.63) is 47.9 Å². The van der Waals surface area contributed by atoms with Crippen LogP contribution in [0.4, 0.5) is 0 Å². The van der Waals surface area contributed by atoms with E-state index in [0.717, 1.165) is 46.6 Å². The lowest BCUT2D eigenvalue weighted by atomic mass is 10.1. The van der Waals surface area contributed by atoms with Gasteiger partial charge >= 0.3 is 6.01 Å². The van der Waals surface area contributed by atoms with Crippen LogP contribution >= 0.6 is 11.8 Å². The number of aromatic nitrogens is 3. The molecule has 1 aromatic carbocycles. The third-order valence-corrected chi connectivity index (χ3v) is 5.91. The smallest absolute Gasteiger partial charge is 0.317 e. The maximum absolute atomic E-state index is 12.7. The number of piperidine rings is 1. The second-order valence-corrected chi connectivity index (χ2v) is 8.16. The van der Waals surface area contributed by atoms with E-state index in [1.807, 2.05) is 49.2 Å². The molecule has 3 aromatic rings. The lowest BCUT2D eigenvalue weighted by Crippen LogP contribution is -2.45. The largest absolute Gasteiger partial charge is 0.458 e. The van der Waals surface area contributed by atoms with Crippen molar-refractivity contribution in [1.29, 1.82) is 0 Å². The number of aromatic amines is 1. The molecule has 7 heteroatoms. The molecule has 28 heavy (non-hydrogen) atoms. The molecule has 1 saturated heterocycles. The van der Waals surface area contributed by atoms with Crippen molar-refractivity contribution in [1.82, 2.24) is 19.9 Å². The van der Waals surface area contributed by atoms with E-state index in [4.69, 9.17) is 4.74 Å². The Hall–Kier alpha value is -2.54. The van der Waals surface area contributed by atoms with Crippen molar-refractivity contribution in [2.45, 2.75) is 37.7 Å². The number of likely N-dealkylation sites (tertiary alicyclic amines) is 1. The summed E-state index contributed by atoms with van der Waals surface area (Å²) in [5.41, 5.74) is 2.88. The van der Waals surface area contributed by atoms with Crippen LogP contribution in [0.2, 0.25) is 0 Å². The summed E-state index contributed by atoms with van der Waals surface area (Å²) in [5.74, 6) is 0.569. The molecular weight excluding hydrogens is 372 g/mol. The van der Waals surface area contributed by atoms with E-state index in [1.165, 1.54) is 0 Å². The minimum absolute atomic E-state index is 0.0583. The number of fused-ring (bicyclic) bond motifs is 1. The summed E-state index contributed by atoms with van der Waals surface area (Å²) in [6.07, 6.45) is 3.76. The van der Waals surface area contributed by atoms with E-state index in [9.17, 15) is 4.79 Å². The molecular formula is C21H24N4O2S. The number of ether oxygens (including phenoxy) is 1. The van der Waals surface area contributed by atoms with E-state index in [-0.39, 0.29) is 12.0 Å². The van der Waals surface area contributed by atoms with Gasteiger partial charge in [-0.3, -0.25) is 4.79 Å². The molecule has 0 bridgehead atoms. The molecule has 0 spiro atoms. The number of H-pyrrole nitrogens is 1. The normalized spacial score (nSPS) is 17.1. The number of benzene rings is 1. The summed E-state index contributed by atoms with van der Waals surface area (Å²) in [5, 5.41) is 1.16. The van der Waals surface area contributed by atoms with Crippen molar-refractivity contribution in [2.75, 3.05) is 18.8 Å². The van der Waals surface area contributed by atoms with E-state index in [0.29, 0.717) is 18.3 Å². The fourth-order valence-corrected chi connectivity index (χ4v) is 4.49. The number of hydrogen-bond acceptors (Lipinski definition) is 5. The highest BCUT2D eigenvalue weighted by Crippen LogP contribution is 2.28. The Kier molecular flexibility index (Phi) is 5.52. The lowest BCUT2D eigenvalue weighted by Gasteiger charge is -2.32. The van der Waals surface area contributed by atoms with Gasteiger partial charge in [-0.25, -0.2) is 9.97 Å². The maximum Gasteiger partial charge on any atom is 0.317 e. The second kappa shape index (κ2) is 8.22. The van der Waals surface area contributed by atoms with E-state index >= 15 is 0 Å². The monoisotopic (exact) mass is 396 g/mol. The predicted molar refractivity (Wildman–Crippen MR) is 111 cm³/mol. The van der Waals surface area contributed by atoms with Gasteiger partial charge in [-0.1, -0.05) is 18.2 Å². The summed E-state index contributed by atoms with van der Waals surface area (Å²) in [4.78, 5) is 27.7. The third-order valence-electron chi connectivity index (χ3n) is 4.87. The number of amides is 1. The van der Waals surface area contributed by atoms with Gasteiger partial charge in [-0.15, -0.1) is 11.8 Å². The van der Waals surface area contributed by atoms with Gasteiger partial charge in [0.25, 0.3) is 0 Å². The Labute approximate surface area is 168 Å². The minimum Gasteiger partial charge on any atom is -0.458 e. The van der Waals surface area contributed by atoms with Crippen LogP contribution in [0.15, 0.2) is 41.4 Å². The summed E-state index contributed by atoms with van der Waals surface area (Å²) in [6, 6.07) is 10.5. The summed E-state index contributed by atoms with van der Waals surface area (Å²) < 4.78 is 5.98. The van der Waals surface area contributed by atoms with Gasteiger partial charge < -0.3 is 14.6 Å². The fraction of sp³-hybridized carbons (Fsp3) is 0.381. The molecule has 6 nitrogen and oxygen atoms in total. The number of para-hydroxylation sites is 1. The molecule has 0 radical (unpaired) electrons. The van der Waals surface area contributed by atoms with Gasteiger partial charge in [-0.05, 0) is 38.8 Å². The zero-order chi connectivity index (χ0) is 19.5. The molecule has 0 saturated carbocycles. The lowest BCUT2D eigenvalue weighted by molar-refractivity contribution is -0.131. The van der Waals surface area contributed by atoms with Gasteiger partial charge in [0.1, 0.15) is 6.10 Å². The third kappa shape index (κ3) is 4.30. The number of aryl methyl sites for hydroxylation is 2. The van der Waals surface area contributed by atoms with Crippen LogP contribution in [0.5, 0.6) is 6.01 Å². The predicted octanol–water partition coefficient (Wildman–Crippen LogP) is 3.74. The van der Waals surface area contributed by atoms with Gasteiger partial charge in [0, 0.05) is 39.9 Å². The fourth-order valence-electron chi connectivity index (χ4n) is 3.55. The summed E-state index contributed by atoms with van der Waals surface area (Å²) in [6.45, 7) is 5.23. The molecule has 1 aliphatic rings. The van der Waals surface area contributed by atoms with Gasteiger partial charge in [0.15, 0.2) is 0 Å². The van der Waals surface area contributed by atoms with Gasteiger partial charge in [0.2, 0.25) is 5.91 Å². The Morgan fingerprint density at radius 3 is 2.89 bits per heavy atom. The molecule has 2 aromatic heterocycles. The number of hydrogen-bond donors (Lipinski definition) is 1. The molecule has 0 unspecified atom stereocenters. The molecule has 3 heterocycles. The Morgan fingerprint density at radius 1 is 1.29 bits per heavy atom. The molecule has 0 aliphatic carbocycles. The Balaban J connectivity index is 1.35. The first-order chi connectivity index (χ1) is 13.6. The van der Waals surface area contributed by atoms with Crippen LogP contribution in [0.3, 0.4) is 0 Å². The molecule has 1 N–H and O–H groups in total. The first-order valence-corrected chi connectivity index (χ1v) is 10.5. The highest BCUT2D eigenvalue weighted by molar-refractivity contribution is 8.00. The number of thioether (sulfide) groups is 1. The zero-order valence-electron chi connectivity index (χ0n) is 16.1. The number of nitrogens with zero attached hydrogens (tertiary/aromatic N) is 3. The molecule has 1 fully saturated rings. The maximum atomic E-state index is 12.7. The van der Waals surface area contributed by atoms with Crippen molar-refractivity contribution in [2.24, 2.45) is 0 Å². The molecule has 1 amide bonds. The van der Waals surface area contributed by atoms with Crippen LogP contribution in [0.25, 0.3) is 10.9 Å². The second-order valence-electron chi connectivity index (χ2n) is 7.14. The zero-order valence-corrected chi connectivity index (χ0v) is 17.0. The minimum atomic E-state index is -0.0583. The number of rotatable bonds is 5. The van der Waals surface area contributed by atoms with E-state index < -0.39 is 0 Å². The quantitative estimate of drug-likeness (QED) is 0.665. The van der Waals surface area contributed by atoms with E-state index in [2.05, 4.69) is 21.0 Å². The summed E-state index contributed by atoms with van der Waals surface area (Å²) >= 11 is 1.58. The van der Waals surface area contributed by atoms with Crippen molar-refractivity contribution < 1.29 is 9.53 Å². The molecule has 1 atom stereocenters. The topological polar surface area (TPSA) is 71.1 Å². The Bertz CT molecular complexity index is 967. The van der Waals surface area contributed by atoms with Crippen LogP contribution in [-0.4, -0.2) is 50.7 Å². The number of carbonyl (C=O) groups excluding carboxylic acids is 1. The number of nitrogens with one attached hydrogen (secondary N) is 1. The van der Waals surface area contributed by atoms with Crippen molar-refractivity contribution in [3.63, 3.8) is 0 Å². The van der Waals surface area contributed by atoms with Crippen LogP contribution in [0, 0.1) is 13.8 Å². The molecule has 1 aliphatic heterocycles. The summed E-state index contributed by atoms with van der Waals surface area (Å²) in [7, 11) is 0. The van der Waals surface area contributed by atoms with Gasteiger partial charge in [-0.2, -0.15) is 0 Å². The SMILES string of the molecule is Cc1cc(C)nc(O[C@@H]2CCCN(C(=O)CSc3c[nH]c4ccccc34)C2)n1. The van der Waals surface area contributed by atoms with E-state index in [1.54, 1.807) is 11.8 Å². The average molecular weight is 397 g/mol. The number of carbonyl (C=O) groups is 1.